The molecule has 172 valence electrons. The summed E-state index contributed by atoms with van der Waals surface area (Å²) in [5.41, 5.74) is 3.01. The molecule has 0 aromatic heterocycles. The molecule has 0 bridgehead atoms. The summed E-state index contributed by atoms with van der Waals surface area (Å²) in [6.45, 7) is 2.82. The van der Waals surface area contributed by atoms with Crippen molar-refractivity contribution >= 4 is 46.5 Å². The lowest BCUT2D eigenvalue weighted by molar-refractivity contribution is -0.139. The molecule has 2 aromatic rings. The molecule has 1 heterocycles. The van der Waals surface area contributed by atoms with Gasteiger partial charge < -0.3 is 19.9 Å². The monoisotopic (exact) mass is 470 g/mol. The summed E-state index contributed by atoms with van der Waals surface area (Å²) in [5.74, 6) is -1.92. The number of anilines is 1. The standard InChI is InChI=1S/C23H22N2O7S/c1-13-7-8-16(9-14(13)2)24-19(26)11-25-22(29)18(33-23(25)30)10-15-5-4-6-17(31-3)21(15)32-12-20(27)28/h4-10H,11-12H2,1-3H3,(H,24,26)(H,27,28)/b18-10+. The number of thioether (sulfide) groups is 1. The molecule has 0 aliphatic carbocycles. The minimum Gasteiger partial charge on any atom is -0.493 e. The van der Waals surface area contributed by atoms with E-state index in [4.69, 9.17) is 14.6 Å². The highest BCUT2D eigenvalue weighted by Gasteiger charge is 2.36. The number of nitrogens with one attached hydrogen (secondary N) is 1. The van der Waals surface area contributed by atoms with Crippen molar-refractivity contribution in [1.29, 1.82) is 0 Å². The van der Waals surface area contributed by atoms with Crippen LogP contribution in [0.2, 0.25) is 0 Å². The second-order valence-corrected chi connectivity index (χ2v) is 8.17. The smallest absolute Gasteiger partial charge is 0.341 e. The minimum absolute atomic E-state index is 0.0763. The number of hydrogen-bond donors (Lipinski definition) is 2. The predicted octanol–water partition coefficient (Wildman–Crippen LogP) is 3.45. The highest BCUT2D eigenvalue weighted by Crippen LogP contribution is 2.37. The van der Waals surface area contributed by atoms with Crippen LogP contribution in [0.5, 0.6) is 11.5 Å². The number of hydrogen-bond acceptors (Lipinski definition) is 7. The Morgan fingerprint density at radius 1 is 1.15 bits per heavy atom. The van der Waals surface area contributed by atoms with E-state index in [2.05, 4.69) is 5.32 Å². The lowest BCUT2D eigenvalue weighted by atomic mass is 10.1. The first-order valence-electron chi connectivity index (χ1n) is 9.83. The number of amides is 3. The zero-order valence-electron chi connectivity index (χ0n) is 18.2. The predicted molar refractivity (Wildman–Crippen MR) is 123 cm³/mol. The molecule has 3 amide bonds. The van der Waals surface area contributed by atoms with Crippen LogP contribution in [0, 0.1) is 13.8 Å². The van der Waals surface area contributed by atoms with E-state index in [0.29, 0.717) is 23.0 Å². The van der Waals surface area contributed by atoms with Crippen molar-refractivity contribution in [1.82, 2.24) is 4.90 Å². The van der Waals surface area contributed by atoms with Crippen molar-refractivity contribution < 1.29 is 33.8 Å². The Balaban J connectivity index is 1.77. The van der Waals surface area contributed by atoms with Crippen molar-refractivity contribution in [3.8, 4) is 11.5 Å². The molecule has 2 aromatic carbocycles. The van der Waals surface area contributed by atoms with E-state index < -0.39 is 36.2 Å². The van der Waals surface area contributed by atoms with Crippen LogP contribution in [-0.2, 0) is 14.4 Å². The number of nitrogens with zero attached hydrogens (tertiary/aromatic N) is 1. The molecule has 1 aliphatic heterocycles. The fraction of sp³-hybridized carbons (Fsp3) is 0.217. The summed E-state index contributed by atoms with van der Waals surface area (Å²) in [6, 6.07) is 10.2. The molecule has 1 fully saturated rings. The summed E-state index contributed by atoms with van der Waals surface area (Å²) in [4.78, 5) is 49.5. The van der Waals surface area contributed by atoms with Crippen LogP contribution in [0.15, 0.2) is 41.3 Å². The van der Waals surface area contributed by atoms with Crippen molar-refractivity contribution in [3.05, 3.63) is 58.0 Å². The van der Waals surface area contributed by atoms with Gasteiger partial charge in [-0.1, -0.05) is 18.2 Å². The molecule has 0 unspecified atom stereocenters. The number of carboxylic acids is 1. The molecule has 3 rings (SSSR count). The number of carbonyl (C=O) groups is 4. The van der Waals surface area contributed by atoms with Crippen LogP contribution in [0.25, 0.3) is 6.08 Å². The number of para-hydroxylation sites is 1. The van der Waals surface area contributed by atoms with E-state index >= 15 is 0 Å². The molecule has 0 saturated carbocycles. The second-order valence-electron chi connectivity index (χ2n) is 7.18. The van der Waals surface area contributed by atoms with Crippen LogP contribution in [0.4, 0.5) is 10.5 Å². The normalized spacial score (nSPS) is 14.5. The lowest BCUT2D eigenvalue weighted by Gasteiger charge is -2.13. The highest BCUT2D eigenvalue weighted by atomic mass is 32.2. The van der Waals surface area contributed by atoms with E-state index in [1.165, 1.54) is 13.2 Å². The number of rotatable bonds is 8. The van der Waals surface area contributed by atoms with Crippen molar-refractivity contribution in [3.63, 3.8) is 0 Å². The number of carbonyl (C=O) groups excluding carboxylic acids is 3. The maximum absolute atomic E-state index is 12.8. The third-order valence-corrected chi connectivity index (χ3v) is 5.73. The number of benzene rings is 2. The maximum atomic E-state index is 12.8. The lowest BCUT2D eigenvalue weighted by Crippen LogP contribution is -2.36. The van der Waals surface area contributed by atoms with Crippen LogP contribution in [0.3, 0.4) is 0 Å². The molecule has 9 nitrogen and oxygen atoms in total. The molecule has 10 heteroatoms. The van der Waals surface area contributed by atoms with Crippen molar-refractivity contribution in [2.24, 2.45) is 0 Å². The van der Waals surface area contributed by atoms with Crippen LogP contribution in [0.1, 0.15) is 16.7 Å². The third kappa shape index (κ3) is 5.72. The van der Waals surface area contributed by atoms with Gasteiger partial charge in [-0.15, -0.1) is 0 Å². The zero-order valence-corrected chi connectivity index (χ0v) is 19.0. The summed E-state index contributed by atoms with van der Waals surface area (Å²) in [6.07, 6.45) is 1.41. The van der Waals surface area contributed by atoms with Gasteiger partial charge in [-0.25, -0.2) is 4.79 Å². The van der Waals surface area contributed by atoms with E-state index in [1.54, 1.807) is 24.3 Å². The molecule has 1 saturated heterocycles. The van der Waals surface area contributed by atoms with Gasteiger partial charge in [0.2, 0.25) is 5.91 Å². The highest BCUT2D eigenvalue weighted by molar-refractivity contribution is 8.18. The Kier molecular flexibility index (Phi) is 7.39. The van der Waals surface area contributed by atoms with Gasteiger partial charge in [0.25, 0.3) is 11.1 Å². The quantitative estimate of drug-likeness (QED) is 0.563. The molecule has 0 atom stereocenters. The van der Waals surface area contributed by atoms with E-state index in [-0.39, 0.29) is 16.4 Å². The van der Waals surface area contributed by atoms with Gasteiger partial charge >= 0.3 is 5.97 Å². The van der Waals surface area contributed by atoms with Gasteiger partial charge in [-0.3, -0.25) is 19.3 Å². The first kappa shape index (κ1) is 23.9. The second kappa shape index (κ2) is 10.2. The summed E-state index contributed by atoms with van der Waals surface area (Å²) in [5, 5.41) is 11.0. The number of carboxylic acid groups (broad SMARTS) is 1. The molecule has 1 aliphatic rings. The van der Waals surface area contributed by atoms with Gasteiger partial charge in [0, 0.05) is 11.3 Å². The Morgan fingerprint density at radius 2 is 1.91 bits per heavy atom. The van der Waals surface area contributed by atoms with Crippen molar-refractivity contribution in [2.45, 2.75) is 13.8 Å². The van der Waals surface area contributed by atoms with Crippen LogP contribution in [-0.4, -0.2) is 53.3 Å². The number of methoxy groups -OCH3 is 1. The van der Waals surface area contributed by atoms with Gasteiger partial charge in [-0.2, -0.15) is 0 Å². The van der Waals surface area contributed by atoms with Crippen LogP contribution >= 0.6 is 11.8 Å². The SMILES string of the molecule is COc1cccc(/C=C2/SC(=O)N(CC(=O)Nc3ccc(C)c(C)c3)C2=O)c1OCC(=O)O. The third-order valence-electron chi connectivity index (χ3n) is 4.82. The largest absolute Gasteiger partial charge is 0.493 e. The number of ether oxygens (including phenoxy) is 2. The van der Waals surface area contributed by atoms with E-state index in [1.807, 2.05) is 26.0 Å². The van der Waals surface area contributed by atoms with E-state index in [9.17, 15) is 19.2 Å². The summed E-state index contributed by atoms with van der Waals surface area (Å²) >= 11 is 0.682. The Bertz CT molecular complexity index is 1160. The van der Waals surface area contributed by atoms with Gasteiger partial charge in [0.1, 0.15) is 6.54 Å². The molecule has 0 spiro atoms. The zero-order chi connectivity index (χ0) is 24.1. The van der Waals surface area contributed by atoms with Gasteiger partial charge in [-0.05, 0) is 61.0 Å². The van der Waals surface area contributed by atoms with Gasteiger partial charge in [0.15, 0.2) is 18.1 Å². The Morgan fingerprint density at radius 3 is 2.58 bits per heavy atom. The summed E-state index contributed by atoms with van der Waals surface area (Å²) in [7, 11) is 1.40. The Hall–Kier alpha value is -3.79. The molecular weight excluding hydrogens is 448 g/mol. The first-order valence-corrected chi connectivity index (χ1v) is 10.6. The number of aliphatic carboxylic acids is 1. The average Bonchev–Trinajstić information content (AvgIpc) is 3.02. The number of imide groups is 1. The van der Waals surface area contributed by atoms with E-state index in [0.717, 1.165) is 16.0 Å². The van der Waals surface area contributed by atoms with Crippen molar-refractivity contribution in [2.75, 3.05) is 25.6 Å². The molecule has 2 N–H and O–H groups in total. The molecule has 0 radical (unpaired) electrons. The minimum atomic E-state index is -1.18. The Labute approximate surface area is 194 Å². The average molecular weight is 471 g/mol. The first-order chi connectivity index (χ1) is 15.7. The fourth-order valence-electron chi connectivity index (χ4n) is 3.04. The summed E-state index contributed by atoms with van der Waals surface area (Å²) < 4.78 is 10.5. The maximum Gasteiger partial charge on any atom is 0.341 e. The molecule has 33 heavy (non-hydrogen) atoms. The topological polar surface area (TPSA) is 122 Å². The van der Waals surface area contributed by atoms with Gasteiger partial charge in [0.05, 0.1) is 12.0 Å². The fourth-order valence-corrected chi connectivity index (χ4v) is 3.87. The number of aryl methyl sites for hydroxylation is 2. The molecular formula is C23H22N2O7S. The van der Waals surface area contributed by atoms with Crippen LogP contribution < -0.4 is 14.8 Å².